The number of thiazole rings is 1. The molecule has 4 nitrogen and oxygen atoms in total. The molecule has 3 aromatic rings. The number of aromatic nitrogens is 1. The van der Waals surface area contributed by atoms with Crippen molar-refractivity contribution >= 4 is 34.5 Å². The maximum absolute atomic E-state index is 12.5. The number of hydrogen-bond donors (Lipinski definition) is 0. The molecule has 0 amide bonds. The Labute approximate surface area is 128 Å². The first kappa shape index (κ1) is 12.5. The summed E-state index contributed by atoms with van der Waals surface area (Å²) < 4.78 is 5.27. The van der Waals surface area contributed by atoms with Gasteiger partial charge in [-0.2, -0.15) is 0 Å². The molecular formula is C15H6ClNO3S. The zero-order chi connectivity index (χ0) is 14.6. The summed E-state index contributed by atoms with van der Waals surface area (Å²) in [5.74, 6) is 0.0554. The van der Waals surface area contributed by atoms with Crippen LogP contribution in [0.1, 0.15) is 31.3 Å². The Morgan fingerprint density at radius 1 is 1.10 bits per heavy atom. The fourth-order valence-electron chi connectivity index (χ4n) is 2.29. The Morgan fingerprint density at radius 3 is 2.71 bits per heavy atom. The van der Waals surface area contributed by atoms with Crippen LogP contribution in [0.4, 0.5) is 0 Å². The van der Waals surface area contributed by atoms with Crippen LogP contribution in [-0.4, -0.2) is 16.6 Å². The average Bonchev–Trinajstić information content (AvgIpc) is 3.13. The second-order valence-corrected chi connectivity index (χ2v) is 5.96. The SMILES string of the molecule is O=C1c2cc(Cl)ccc2C(=O)c2sc(-c3ccco3)nc21. The molecule has 0 fully saturated rings. The molecule has 0 N–H and O–H groups in total. The predicted octanol–water partition coefficient (Wildman–Crippen LogP) is 3.83. The second-order valence-electron chi connectivity index (χ2n) is 4.52. The van der Waals surface area contributed by atoms with Crippen LogP contribution in [0, 0.1) is 0 Å². The van der Waals surface area contributed by atoms with Crippen LogP contribution in [0.15, 0.2) is 41.0 Å². The van der Waals surface area contributed by atoms with Crippen LogP contribution in [0.25, 0.3) is 10.8 Å². The van der Waals surface area contributed by atoms with E-state index in [4.69, 9.17) is 16.0 Å². The molecule has 4 rings (SSSR count). The molecular weight excluding hydrogens is 310 g/mol. The van der Waals surface area contributed by atoms with Crippen LogP contribution < -0.4 is 0 Å². The normalized spacial score (nSPS) is 13.2. The fourth-order valence-corrected chi connectivity index (χ4v) is 3.44. The number of furan rings is 1. The van der Waals surface area contributed by atoms with E-state index in [1.807, 2.05) is 0 Å². The monoisotopic (exact) mass is 315 g/mol. The third-order valence-corrected chi connectivity index (χ3v) is 4.56. The standard InChI is InChI=1S/C15H6ClNO3S/c16-7-3-4-8-9(6-7)12(18)11-14(13(8)19)21-15(17-11)10-2-1-5-20-10/h1-6H. The van der Waals surface area contributed by atoms with Crippen molar-refractivity contribution in [3.05, 3.63) is 63.3 Å². The summed E-state index contributed by atoms with van der Waals surface area (Å²) in [5, 5.41) is 0.936. The topological polar surface area (TPSA) is 60.2 Å². The molecule has 6 heteroatoms. The van der Waals surface area contributed by atoms with E-state index in [1.165, 1.54) is 12.3 Å². The maximum Gasteiger partial charge on any atom is 0.213 e. The number of benzene rings is 1. The molecule has 21 heavy (non-hydrogen) atoms. The van der Waals surface area contributed by atoms with Crippen molar-refractivity contribution < 1.29 is 14.0 Å². The number of fused-ring (bicyclic) bond motifs is 2. The summed E-state index contributed by atoms with van der Waals surface area (Å²) in [6.45, 7) is 0. The van der Waals surface area contributed by atoms with Gasteiger partial charge in [-0.15, -0.1) is 11.3 Å². The molecule has 1 aliphatic carbocycles. The van der Waals surface area contributed by atoms with Gasteiger partial charge in [0.25, 0.3) is 0 Å². The van der Waals surface area contributed by atoms with Crippen molar-refractivity contribution in [2.45, 2.75) is 0 Å². The zero-order valence-electron chi connectivity index (χ0n) is 10.4. The number of nitrogens with zero attached hydrogens (tertiary/aromatic N) is 1. The van der Waals surface area contributed by atoms with Gasteiger partial charge in [0.1, 0.15) is 10.6 Å². The summed E-state index contributed by atoms with van der Waals surface area (Å²) in [5.41, 5.74) is 0.842. The summed E-state index contributed by atoms with van der Waals surface area (Å²) in [6.07, 6.45) is 1.52. The Bertz CT molecular complexity index is 896. The minimum atomic E-state index is -0.281. The number of carbonyl (C=O) groups is 2. The van der Waals surface area contributed by atoms with Gasteiger partial charge in [-0.25, -0.2) is 4.98 Å². The first-order valence-corrected chi connectivity index (χ1v) is 7.28. The lowest BCUT2D eigenvalue weighted by Gasteiger charge is -2.12. The highest BCUT2D eigenvalue weighted by molar-refractivity contribution is 7.17. The zero-order valence-corrected chi connectivity index (χ0v) is 12.0. The quantitative estimate of drug-likeness (QED) is 0.535. The number of ketones is 2. The van der Waals surface area contributed by atoms with Crippen LogP contribution in [0.3, 0.4) is 0 Å². The van der Waals surface area contributed by atoms with Crippen LogP contribution in [0.5, 0.6) is 0 Å². The predicted molar refractivity (Wildman–Crippen MR) is 78.1 cm³/mol. The molecule has 0 spiro atoms. The minimum absolute atomic E-state index is 0.172. The van der Waals surface area contributed by atoms with Gasteiger partial charge in [0.05, 0.1) is 6.26 Å². The Hall–Kier alpha value is -2.24. The van der Waals surface area contributed by atoms with Gasteiger partial charge in [0, 0.05) is 16.1 Å². The summed E-state index contributed by atoms with van der Waals surface area (Å²) >= 11 is 7.07. The molecule has 0 saturated heterocycles. The molecule has 0 aliphatic heterocycles. The number of hydrogen-bond acceptors (Lipinski definition) is 5. The van der Waals surface area contributed by atoms with E-state index in [-0.39, 0.29) is 17.3 Å². The van der Waals surface area contributed by atoms with Gasteiger partial charge >= 0.3 is 0 Å². The molecule has 2 heterocycles. The molecule has 0 radical (unpaired) electrons. The number of rotatable bonds is 1. The van der Waals surface area contributed by atoms with E-state index in [0.29, 0.717) is 31.8 Å². The summed E-state index contributed by atoms with van der Waals surface area (Å²) in [6, 6.07) is 8.15. The molecule has 1 aliphatic rings. The third-order valence-electron chi connectivity index (χ3n) is 3.25. The Kier molecular flexibility index (Phi) is 2.60. The molecule has 0 unspecified atom stereocenters. The molecule has 1 aromatic carbocycles. The van der Waals surface area contributed by atoms with E-state index in [1.54, 1.807) is 24.3 Å². The molecule has 0 bridgehead atoms. The largest absolute Gasteiger partial charge is 0.462 e. The van der Waals surface area contributed by atoms with Gasteiger partial charge in [0.2, 0.25) is 11.6 Å². The number of halogens is 1. The van der Waals surface area contributed by atoms with Crippen molar-refractivity contribution in [3.63, 3.8) is 0 Å². The highest BCUT2D eigenvalue weighted by atomic mass is 35.5. The van der Waals surface area contributed by atoms with Gasteiger partial charge in [-0.1, -0.05) is 11.6 Å². The number of carbonyl (C=O) groups excluding carboxylic acids is 2. The molecule has 2 aromatic heterocycles. The van der Waals surface area contributed by atoms with Crippen molar-refractivity contribution in [3.8, 4) is 10.8 Å². The Balaban J connectivity index is 1.93. The van der Waals surface area contributed by atoms with E-state index in [2.05, 4.69) is 4.98 Å². The van der Waals surface area contributed by atoms with Crippen LogP contribution in [-0.2, 0) is 0 Å². The summed E-state index contributed by atoms with van der Waals surface area (Å²) in [4.78, 5) is 29.6. The van der Waals surface area contributed by atoms with Gasteiger partial charge in [-0.3, -0.25) is 9.59 Å². The van der Waals surface area contributed by atoms with E-state index in [9.17, 15) is 9.59 Å². The first-order chi connectivity index (χ1) is 10.1. The second kappa shape index (κ2) is 4.38. The van der Waals surface area contributed by atoms with Crippen molar-refractivity contribution in [1.82, 2.24) is 4.98 Å². The van der Waals surface area contributed by atoms with Crippen molar-refractivity contribution in [1.29, 1.82) is 0 Å². The van der Waals surface area contributed by atoms with E-state index >= 15 is 0 Å². The van der Waals surface area contributed by atoms with E-state index in [0.717, 1.165) is 11.3 Å². The lowest BCUT2D eigenvalue weighted by molar-refractivity contribution is 0.0979. The molecule has 0 saturated carbocycles. The molecule has 102 valence electrons. The smallest absolute Gasteiger partial charge is 0.213 e. The Morgan fingerprint density at radius 2 is 1.95 bits per heavy atom. The van der Waals surface area contributed by atoms with Crippen LogP contribution in [0.2, 0.25) is 5.02 Å². The van der Waals surface area contributed by atoms with Gasteiger partial charge < -0.3 is 4.42 Å². The highest BCUT2D eigenvalue weighted by Gasteiger charge is 2.34. The fraction of sp³-hybridized carbons (Fsp3) is 0. The average molecular weight is 316 g/mol. The highest BCUT2D eigenvalue weighted by Crippen LogP contribution is 2.35. The lowest BCUT2D eigenvalue weighted by Crippen LogP contribution is -2.19. The van der Waals surface area contributed by atoms with Crippen LogP contribution >= 0.6 is 22.9 Å². The maximum atomic E-state index is 12.5. The van der Waals surface area contributed by atoms with Gasteiger partial charge in [0.15, 0.2) is 10.8 Å². The minimum Gasteiger partial charge on any atom is -0.462 e. The first-order valence-electron chi connectivity index (χ1n) is 6.09. The molecule has 0 atom stereocenters. The van der Waals surface area contributed by atoms with Crippen molar-refractivity contribution in [2.24, 2.45) is 0 Å². The lowest BCUT2D eigenvalue weighted by atomic mass is 9.91. The van der Waals surface area contributed by atoms with E-state index < -0.39 is 0 Å². The summed E-state index contributed by atoms with van der Waals surface area (Å²) in [7, 11) is 0. The third kappa shape index (κ3) is 1.78. The van der Waals surface area contributed by atoms with Crippen molar-refractivity contribution in [2.75, 3.05) is 0 Å². The van der Waals surface area contributed by atoms with Gasteiger partial charge in [-0.05, 0) is 30.3 Å².